The third-order valence-corrected chi connectivity index (χ3v) is 4.71. The SMILES string of the molecule is O.c1csc(-c2cc(N3CCOCC3)c3ccccc3n2)c1. The van der Waals surface area contributed by atoms with Crippen molar-refractivity contribution < 1.29 is 10.2 Å². The molecular formula is C17H18N2O2S. The topological polar surface area (TPSA) is 56.9 Å². The number of ether oxygens (including phenoxy) is 1. The molecule has 0 bridgehead atoms. The molecule has 0 aliphatic carbocycles. The van der Waals surface area contributed by atoms with E-state index in [1.807, 2.05) is 0 Å². The van der Waals surface area contributed by atoms with Crippen LogP contribution in [0.1, 0.15) is 0 Å². The second-order valence-electron chi connectivity index (χ2n) is 5.12. The number of thiophene rings is 1. The lowest BCUT2D eigenvalue weighted by Gasteiger charge is -2.30. The van der Waals surface area contributed by atoms with Crippen LogP contribution in [0, 0.1) is 0 Å². The summed E-state index contributed by atoms with van der Waals surface area (Å²) >= 11 is 1.73. The van der Waals surface area contributed by atoms with Crippen LogP contribution < -0.4 is 4.90 Å². The number of para-hydroxylation sites is 1. The van der Waals surface area contributed by atoms with Gasteiger partial charge in [-0.25, -0.2) is 4.98 Å². The summed E-state index contributed by atoms with van der Waals surface area (Å²) in [5.41, 5.74) is 3.39. The zero-order valence-electron chi connectivity index (χ0n) is 12.2. The van der Waals surface area contributed by atoms with Gasteiger partial charge in [-0.3, -0.25) is 0 Å². The van der Waals surface area contributed by atoms with E-state index in [1.54, 1.807) is 11.3 Å². The monoisotopic (exact) mass is 314 g/mol. The normalized spacial score (nSPS) is 14.8. The van der Waals surface area contributed by atoms with Gasteiger partial charge in [0, 0.05) is 24.2 Å². The molecule has 3 aromatic rings. The van der Waals surface area contributed by atoms with Crippen LogP contribution in [0.5, 0.6) is 0 Å². The average molecular weight is 314 g/mol. The molecule has 1 aliphatic rings. The molecule has 0 atom stereocenters. The van der Waals surface area contributed by atoms with Gasteiger partial charge < -0.3 is 15.1 Å². The highest BCUT2D eigenvalue weighted by molar-refractivity contribution is 7.13. The predicted molar refractivity (Wildman–Crippen MR) is 91.7 cm³/mol. The maximum Gasteiger partial charge on any atom is 0.0830 e. The van der Waals surface area contributed by atoms with E-state index in [1.165, 1.54) is 16.0 Å². The van der Waals surface area contributed by atoms with E-state index >= 15 is 0 Å². The number of rotatable bonds is 2. The first-order chi connectivity index (χ1) is 10.4. The Labute approximate surface area is 133 Å². The number of anilines is 1. The fraction of sp³-hybridized carbons (Fsp3) is 0.235. The van der Waals surface area contributed by atoms with Gasteiger partial charge in [-0.15, -0.1) is 11.3 Å². The van der Waals surface area contributed by atoms with E-state index in [9.17, 15) is 0 Å². The summed E-state index contributed by atoms with van der Waals surface area (Å²) in [5.74, 6) is 0. The van der Waals surface area contributed by atoms with Gasteiger partial charge in [0.1, 0.15) is 0 Å². The number of hydrogen-bond donors (Lipinski definition) is 0. The van der Waals surface area contributed by atoms with Crippen molar-refractivity contribution in [1.82, 2.24) is 4.98 Å². The highest BCUT2D eigenvalue weighted by atomic mass is 32.1. The number of fused-ring (bicyclic) bond motifs is 1. The molecule has 0 spiro atoms. The van der Waals surface area contributed by atoms with Gasteiger partial charge in [0.15, 0.2) is 0 Å². The van der Waals surface area contributed by atoms with E-state index in [-0.39, 0.29) is 5.48 Å². The Kier molecular flexibility index (Phi) is 4.38. The molecule has 22 heavy (non-hydrogen) atoms. The fourth-order valence-electron chi connectivity index (χ4n) is 2.77. The van der Waals surface area contributed by atoms with Crippen LogP contribution in [0.4, 0.5) is 5.69 Å². The van der Waals surface area contributed by atoms with Crippen molar-refractivity contribution >= 4 is 27.9 Å². The Morgan fingerprint density at radius 1 is 1.05 bits per heavy atom. The van der Waals surface area contributed by atoms with Crippen LogP contribution in [0.15, 0.2) is 47.8 Å². The Balaban J connectivity index is 0.00000144. The molecule has 0 saturated carbocycles. The van der Waals surface area contributed by atoms with Crippen LogP contribution in [-0.2, 0) is 4.74 Å². The summed E-state index contributed by atoms with van der Waals surface area (Å²) in [4.78, 5) is 8.45. The lowest BCUT2D eigenvalue weighted by Crippen LogP contribution is -2.36. The minimum absolute atomic E-state index is 0. The number of aromatic nitrogens is 1. The van der Waals surface area contributed by atoms with Gasteiger partial charge in [0.2, 0.25) is 0 Å². The summed E-state index contributed by atoms with van der Waals surface area (Å²) in [6.45, 7) is 3.48. The minimum Gasteiger partial charge on any atom is -0.412 e. The third kappa shape index (κ3) is 2.70. The van der Waals surface area contributed by atoms with Gasteiger partial charge in [0.05, 0.1) is 29.3 Å². The Morgan fingerprint density at radius 3 is 2.64 bits per heavy atom. The first-order valence-corrected chi connectivity index (χ1v) is 8.06. The molecule has 4 nitrogen and oxygen atoms in total. The molecule has 114 valence electrons. The quantitative estimate of drug-likeness (QED) is 0.730. The lowest BCUT2D eigenvalue weighted by molar-refractivity contribution is 0.123. The first kappa shape index (κ1) is 15.0. The van der Waals surface area contributed by atoms with Gasteiger partial charge >= 0.3 is 0 Å². The highest BCUT2D eigenvalue weighted by Crippen LogP contribution is 2.32. The molecule has 0 unspecified atom stereocenters. The molecule has 2 aromatic heterocycles. The number of hydrogen-bond acceptors (Lipinski definition) is 4. The highest BCUT2D eigenvalue weighted by Gasteiger charge is 2.16. The molecule has 3 heterocycles. The van der Waals surface area contributed by atoms with Gasteiger partial charge in [-0.2, -0.15) is 0 Å². The standard InChI is InChI=1S/C17H16N2OS.H2O/c1-2-5-14-13(4-1)16(19-7-9-20-10-8-19)12-15(18-14)17-6-3-11-21-17;/h1-6,11-12H,7-10H2;1H2. The average Bonchev–Trinajstić information content (AvgIpc) is 3.09. The Morgan fingerprint density at radius 2 is 1.86 bits per heavy atom. The number of pyridine rings is 1. The number of nitrogens with zero attached hydrogens (tertiary/aromatic N) is 2. The molecular weight excluding hydrogens is 296 g/mol. The second-order valence-corrected chi connectivity index (χ2v) is 6.07. The summed E-state index contributed by atoms with van der Waals surface area (Å²) in [6.07, 6.45) is 0. The summed E-state index contributed by atoms with van der Waals surface area (Å²) < 4.78 is 5.48. The molecule has 2 N–H and O–H groups in total. The maximum atomic E-state index is 5.48. The zero-order valence-corrected chi connectivity index (χ0v) is 13.0. The zero-order chi connectivity index (χ0) is 14.1. The summed E-state index contributed by atoms with van der Waals surface area (Å²) in [6, 6.07) is 14.8. The van der Waals surface area contributed by atoms with Crippen LogP contribution in [0.25, 0.3) is 21.5 Å². The molecule has 0 radical (unpaired) electrons. The molecule has 1 aliphatic heterocycles. The van der Waals surface area contributed by atoms with Crippen LogP contribution in [0.3, 0.4) is 0 Å². The summed E-state index contributed by atoms with van der Waals surface area (Å²) in [5, 5.41) is 3.32. The minimum atomic E-state index is 0. The number of benzene rings is 1. The van der Waals surface area contributed by atoms with Crippen molar-refractivity contribution in [3.8, 4) is 10.6 Å². The first-order valence-electron chi connectivity index (χ1n) is 7.18. The molecule has 4 rings (SSSR count). The Hall–Kier alpha value is -1.95. The van der Waals surface area contributed by atoms with E-state index < -0.39 is 0 Å². The van der Waals surface area contributed by atoms with E-state index in [0.717, 1.165) is 37.5 Å². The van der Waals surface area contributed by atoms with E-state index in [4.69, 9.17) is 9.72 Å². The van der Waals surface area contributed by atoms with Crippen molar-refractivity contribution in [2.45, 2.75) is 0 Å². The molecule has 5 heteroatoms. The lowest BCUT2D eigenvalue weighted by atomic mass is 10.1. The van der Waals surface area contributed by atoms with Crippen molar-refractivity contribution in [2.24, 2.45) is 0 Å². The molecule has 1 aromatic carbocycles. The van der Waals surface area contributed by atoms with Gasteiger partial charge in [-0.1, -0.05) is 24.3 Å². The molecule has 1 saturated heterocycles. The number of morpholine rings is 1. The maximum absolute atomic E-state index is 5.48. The Bertz CT molecular complexity index is 752. The largest absolute Gasteiger partial charge is 0.412 e. The van der Waals surface area contributed by atoms with Crippen LogP contribution in [-0.4, -0.2) is 36.8 Å². The van der Waals surface area contributed by atoms with Crippen molar-refractivity contribution in [1.29, 1.82) is 0 Å². The van der Waals surface area contributed by atoms with Crippen molar-refractivity contribution in [3.05, 3.63) is 47.8 Å². The van der Waals surface area contributed by atoms with Crippen LogP contribution >= 0.6 is 11.3 Å². The second kappa shape index (κ2) is 6.44. The van der Waals surface area contributed by atoms with E-state index in [0.29, 0.717) is 0 Å². The fourth-order valence-corrected chi connectivity index (χ4v) is 3.46. The van der Waals surface area contributed by atoms with Crippen molar-refractivity contribution in [2.75, 3.05) is 31.2 Å². The molecule has 1 fully saturated rings. The summed E-state index contributed by atoms with van der Waals surface area (Å²) in [7, 11) is 0. The smallest absolute Gasteiger partial charge is 0.0830 e. The van der Waals surface area contributed by atoms with Gasteiger partial charge in [0.25, 0.3) is 0 Å². The van der Waals surface area contributed by atoms with Crippen molar-refractivity contribution in [3.63, 3.8) is 0 Å². The predicted octanol–water partition coefficient (Wildman–Crippen LogP) is 2.98. The van der Waals surface area contributed by atoms with Gasteiger partial charge in [-0.05, 0) is 23.6 Å². The third-order valence-electron chi connectivity index (χ3n) is 3.82. The molecule has 0 amide bonds. The van der Waals surface area contributed by atoms with Crippen LogP contribution in [0.2, 0.25) is 0 Å². The van der Waals surface area contributed by atoms with E-state index in [2.05, 4.69) is 52.7 Å².